The van der Waals surface area contributed by atoms with E-state index in [-0.39, 0.29) is 5.92 Å². The lowest BCUT2D eigenvalue weighted by molar-refractivity contribution is -0.137. The number of hydrogen-bond acceptors (Lipinski definition) is 6. The molecule has 7 heteroatoms. The van der Waals surface area contributed by atoms with Crippen LogP contribution in [0.2, 0.25) is 0 Å². The first-order valence-electron chi connectivity index (χ1n) is 15.5. The summed E-state index contributed by atoms with van der Waals surface area (Å²) in [6.07, 6.45) is 13.6. The molecule has 3 aliphatic rings. The molecule has 2 unspecified atom stereocenters. The van der Waals surface area contributed by atoms with Crippen LogP contribution in [-0.4, -0.2) is 77.6 Å². The zero-order valence-corrected chi connectivity index (χ0v) is 24.7. The number of carbonyl (C=O) groups excluding carboxylic acids is 1. The third-order valence-electron chi connectivity index (χ3n) is 8.87. The van der Waals surface area contributed by atoms with Crippen LogP contribution < -0.4 is 9.64 Å². The van der Waals surface area contributed by atoms with E-state index in [4.69, 9.17) is 4.74 Å². The molecule has 5 rings (SSSR count). The maximum Gasteiger partial charge on any atom is 0.226 e. The van der Waals surface area contributed by atoms with Gasteiger partial charge in [0.15, 0.2) is 0 Å². The predicted octanol–water partition coefficient (Wildman–Crippen LogP) is 5.46. The zero-order chi connectivity index (χ0) is 27.9. The molecule has 2 fully saturated rings. The third-order valence-corrected chi connectivity index (χ3v) is 8.87. The monoisotopic (exact) mass is 545 g/mol. The molecule has 7 nitrogen and oxygen atoms in total. The average Bonchev–Trinajstić information content (AvgIpc) is 3.87. The number of allylic oxidation sites excluding steroid dienone is 2. The molecule has 2 atom stereocenters. The fourth-order valence-corrected chi connectivity index (χ4v) is 5.88. The minimum Gasteiger partial charge on any atom is -0.493 e. The van der Waals surface area contributed by atoms with Crippen molar-refractivity contribution >= 4 is 17.4 Å². The van der Waals surface area contributed by atoms with E-state index in [0.717, 1.165) is 89.1 Å². The van der Waals surface area contributed by atoms with Crippen molar-refractivity contribution in [3.63, 3.8) is 0 Å². The van der Waals surface area contributed by atoms with E-state index >= 15 is 0 Å². The van der Waals surface area contributed by atoms with E-state index in [1.807, 2.05) is 12.4 Å². The first-order valence-corrected chi connectivity index (χ1v) is 15.5. The Bertz CT molecular complexity index is 1120. The average molecular weight is 546 g/mol. The van der Waals surface area contributed by atoms with E-state index in [9.17, 15) is 4.79 Å². The molecule has 2 aliphatic carbocycles. The van der Waals surface area contributed by atoms with Crippen molar-refractivity contribution in [3.05, 3.63) is 53.9 Å². The van der Waals surface area contributed by atoms with Gasteiger partial charge in [-0.05, 0) is 86.6 Å². The molecule has 0 bridgehead atoms. The number of nitrogens with zero attached hydrogens (tertiary/aromatic N) is 5. The van der Waals surface area contributed by atoms with Crippen molar-refractivity contribution in [2.45, 2.75) is 71.8 Å². The predicted molar refractivity (Wildman–Crippen MR) is 162 cm³/mol. The Hall–Kier alpha value is -2.93. The Balaban J connectivity index is 1.04. The van der Waals surface area contributed by atoms with Crippen LogP contribution in [0.5, 0.6) is 5.75 Å². The van der Waals surface area contributed by atoms with Gasteiger partial charge in [-0.25, -0.2) is 9.97 Å². The second-order valence-electron chi connectivity index (χ2n) is 11.8. The first-order chi connectivity index (χ1) is 19.5. The van der Waals surface area contributed by atoms with Crippen LogP contribution in [0.1, 0.15) is 70.4 Å². The van der Waals surface area contributed by atoms with E-state index < -0.39 is 0 Å². The minimum absolute atomic E-state index is 0.145. The number of rotatable bonds is 12. The molecule has 1 aromatic heterocycles. The Morgan fingerprint density at radius 3 is 2.38 bits per heavy atom. The highest BCUT2D eigenvalue weighted by Gasteiger charge is 2.34. The van der Waals surface area contributed by atoms with Crippen LogP contribution >= 0.6 is 0 Å². The van der Waals surface area contributed by atoms with E-state index in [1.165, 1.54) is 29.5 Å². The SMILES string of the molecule is CCc1cnc(N(CC)CCC(C)COc2ccc(C3=CCC(C(=O)N4CCN(C5CC5)CC4)CC3)cc2)nc1. The molecule has 1 saturated heterocycles. The van der Waals surface area contributed by atoms with Crippen LogP contribution in [0.25, 0.3) is 5.57 Å². The van der Waals surface area contributed by atoms with E-state index in [1.54, 1.807) is 0 Å². The number of piperazine rings is 1. The zero-order valence-electron chi connectivity index (χ0n) is 24.7. The number of hydrogen-bond donors (Lipinski definition) is 0. The Labute approximate surface area is 240 Å². The standard InChI is InChI=1S/C33H47N5O2/c1-4-26-22-34-33(35-23-26)36(5-2)17-16-25(3)24-40-31-14-10-28(11-15-31)27-6-8-29(9-7-27)32(39)38-20-18-37(19-21-38)30-12-13-30/h6,10-11,14-15,22-23,25,29-30H,4-5,7-9,12-13,16-21,24H2,1-3H3. The van der Waals surface area contributed by atoms with Gasteiger partial charge >= 0.3 is 0 Å². The summed E-state index contributed by atoms with van der Waals surface area (Å²) in [5.41, 5.74) is 3.77. The fourth-order valence-electron chi connectivity index (χ4n) is 5.88. The molecule has 2 heterocycles. The van der Waals surface area contributed by atoms with Gasteiger partial charge in [-0.1, -0.05) is 32.1 Å². The summed E-state index contributed by atoms with van der Waals surface area (Å²) in [5, 5.41) is 0. The van der Waals surface area contributed by atoms with Crippen molar-refractivity contribution in [2.24, 2.45) is 11.8 Å². The highest BCUT2D eigenvalue weighted by Crippen LogP contribution is 2.33. The van der Waals surface area contributed by atoms with Gasteiger partial charge in [-0.2, -0.15) is 0 Å². The molecule has 216 valence electrons. The normalized spacial score (nSPS) is 20.6. The van der Waals surface area contributed by atoms with Crippen molar-refractivity contribution in [1.29, 1.82) is 0 Å². The second-order valence-corrected chi connectivity index (χ2v) is 11.8. The van der Waals surface area contributed by atoms with E-state index in [0.29, 0.717) is 18.4 Å². The number of aryl methyl sites for hydroxylation is 1. The molecule has 0 radical (unpaired) electrons. The van der Waals surface area contributed by atoms with Gasteiger partial charge < -0.3 is 14.5 Å². The molecule has 1 amide bonds. The highest BCUT2D eigenvalue weighted by atomic mass is 16.5. The number of anilines is 1. The Kier molecular flexibility index (Phi) is 9.74. The van der Waals surface area contributed by atoms with Gasteiger partial charge in [-0.3, -0.25) is 9.69 Å². The van der Waals surface area contributed by atoms with Crippen LogP contribution in [0, 0.1) is 11.8 Å². The maximum absolute atomic E-state index is 13.1. The number of benzene rings is 1. The van der Waals surface area contributed by atoms with Gasteiger partial charge in [-0.15, -0.1) is 0 Å². The Morgan fingerprint density at radius 2 is 1.77 bits per heavy atom. The summed E-state index contributed by atoms with van der Waals surface area (Å²) in [6, 6.07) is 9.31. The minimum atomic E-state index is 0.145. The number of carbonyl (C=O) groups is 1. The van der Waals surface area contributed by atoms with Gasteiger partial charge in [0.05, 0.1) is 6.61 Å². The van der Waals surface area contributed by atoms with Gasteiger partial charge in [0, 0.05) is 63.6 Å². The summed E-state index contributed by atoms with van der Waals surface area (Å²) in [5.74, 6) is 2.66. The molecule has 40 heavy (non-hydrogen) atoms. The van der Waals surface area contributed by atoms with Crippen LogP contribution in [0.4, 0.5) is 5.95 Å². The lowest BCUT2D eigenvalue weighted by Crippen LogP contribution is -2.51. The van der Waals surface area contributed by atoms with Crippen LogP contribution in [-0.2, 0) is 11.2 Å². The van der Waals surface area contributed by atoms with Crippen LogP contribution in [0.3, 0.4) is 0 Å². The molecule has 1 saturated carbocycles. The smallest absolute Gasteiger partial charge is 0.226 e. The summed E-state index contributed by atoms with van der Waals surface area (Å²) in [6.45, 7) is 12.9. The molecular weight excluding hydrogens is 498 g/mol. The van der Waals surface area contributed by atoms with Gasteiger partial charge in [0.2, 0.25) is 11.9 Å². The molecule has 2 aromatic rings. The molecule has 0 spiro atoms. The second kappa shape index (κ2) is 13.6. The van der Waals surface area contributed by atoms with Crippen LogP contribution in [0.15, 0.2) is 42.7 Å². The van der Waals surface area contributed by atoms with E-state index in [2.05, 4.69) is 75.8 Å². The third kappa shape index (κ3) is 7.42. The Morgan fingerprint density at radius 1 is 1.05 bits per heavy atom. The number of ether oxygens (including phenoxy) is 1. The van der Waals surface area contributed by atoms with Gasteiger partial charge in [0.25, 0.3) is 0 Å². The summed E-state index contributed by atoms with van der Waals surface area (Å²) < 4.78 is 6.13. The summed E-state index contributed by atoms with van der Waals surface area (Å²) in [7, 11) is 0. The molecular formula is C33H47N5O2. The topological polar surface area (TPSA) is 61.8 Å². The van der Waals surface area contributed by atoms with Gasteiger partial charge in [0.1, 0.15) is 5.75 Å². The summed E-state index contributed by atoms with van der Waals surface area (Å²) in [4.78, 5) is 29.1. The van der Waals surface area contributed by atoms with Crippen molar-refractivity contribution in [1.82, 2.24) is 19.8 Å². The number of aromatic nitrogens is 2. The fraction of sp³-hybridized carbons (Fsp3) is 0.606. The molecule has 0 N–H and O–H groups in total. The maximum atomic E-state index is 13.1. The first kappa shape index (κ1) is 28.6. The molecule has 1 aliphatic heterocycles. The quantitative estimate of drug-likeness (QED) is 0.353. The van der Waals surface area contributed by atoms with Crippen molar-refractivity contribution in [2.75, 3.05) is 50.8 Å². The largest absolute Gasteiger partial charge is 0.493 e. The van der Waals surface area contributed by atoms with Crippen molar-refractivity contribution < 1.29 is 9.53 Å². The van der Waals surface area contributed by atoms with Crippen molar-refractivity contribution in [3.8, 4) is 5.75 Å². The highest BCUT2D eigenvalue weighted by molar-refractivity contribution is 5.81. The number of amides is 1. The lowest BCUT2D eigenvalue weighted by Gasteiger charge is -2.37. The summed E-state index contributed by atoms with van der Waals surface area (Å²) >= 11 is 0. The molecule has 1 aromatic carbocycles. The lowest BCUT2D eigenvalue weighted by atomic mass is 9.85.